The fourth-order valence-corrected chi connectivity index (χ4v) is 5.72. The Bertz CT molecular complexity index is 793. The molecule has 0 spiro atoms. The third kappa shape index (κ3) is 3.14. The molecular weight excluding hydrogens is 372 g/mol. The second-order valence-corrected chi connectivity index (χ2v) is 8.38. The number of carbonyl (C=O) groups excluding carboxylic acids is 3. The number of nitrogens with zero attached hydrogens (tertiary/aromatic N) is 2. The summed E-state index contributed by atoms with van der Waals surface area (Å²) in [6.07, 6.45) is -0.0488. The van der Waals surface area contributed by atoms with Gasteiger partial charge in [0.2, 0.25) is 10.0 Å². The number of carbonyl (C=O) groups is 3. The molecule has 11 heteroatoms. The van der Waals surface area contributed by atoms with E-state index in [1.807, 2.05) is 0 Å². The van der Waals surface area contributed by atoms with E-state index in [0.29, 0.717) is 12.8 Å². The summed E-state index contributed by atoms with van der Waals surface area (Å²) >= 11 is 1.00. The number of piperidine rings is 1. The van der Waals surface area contributed by atoms with Crippen molar-refractivity contribution in [2.24, 2.45) is 0 Å². The maximum absolute atomic E-state index is 12.8. The van der Waals surface area contributed by atoms with Crippen LogP contribution in [0, 0.1) is 0 Å². The zero-order chi connectivity index (χ0) is 18.2. The normalized spacial score (nSPS) is 20.0. The molecule has 0 atom stereocenters. The van der Waals surface area contributed by atoms with Crippen LogP contribution in [0.2, 0.25) is 0 Å². The second kappa shape index (κ2) is 6.73. The van der Waals surface area contributed by atoms with Crippen molar-refractivity contribution in [2.75, 3.05) is 26.8 Å². The fraction of sp³-hybridized carbons (Fsp3) is 0.500. The summed E-state index contributed by atoms with van der Waals surface area (Å²) in [6.45, 7) is 0.00970. The molecule has 2 saturated heterocycles. The van der Waals surface area contributed by atoms with Crippen LogP contribution in [-0.4, -0.2) is 68.4 Å². The lowest BCUT2D eigenvalue weighted by molar-refractivity contribution is -0.127. The van der Waals surface area contributed by atoms with Crippen LogP contribution in [0.25, 0.3) is 0 Å². The first-order valence-electron chi connectivity index (χ1n) is 7.51. The monoisotopic (exact) mass is 388 g/mol. The van der Waals surface area contributed by atoms with Crippen LogP contribution in [0.15, 0.2) is 16.3 Å². The molecule has 0 N–H and O–H groups in total. The van der Waals surface area contributed by atoms with Crippen LogP contribution in [0.3, 0.4) is 0 Å². The third-order valence-electron chi connectivity index (χ3n) is 4.19. The summed E-state index contributed by atoms with van der Waals surface area (Å²) in [4.78, 5) is 36.0. The van der Waals surface area contributed by atoms with Crippen LogP contribution >= 0.6 is 11.3 Å². The van der Waals surface area contributed by atoms with Crippen molar-refractivity contribution in [3.63, 3.8) is 0 Å². The summed E-state index contributed by atoms with van der Waals surface area (Å²) in [5.41, 5.74) is 0. The minimum absolute atomic E-state index is 0.0305. The number of thiophene rings is 1. The van der Waals surface area contributed by atoms with Gasteiger partial charge in [-0.15, -0.1) is 11.3 Å². The largest absolute Gasteiger partial charge is 0.465 e. The molecular formula is C14H16N2O7S2. The Hall–Kier alpha value is -1.98. The van der Waals surface area contributed by atoms with Gasteiger partial charge in [0.25, 0.3) is 5.91 Å². The van der Waals surface area contributed by atoms with Gasteiger partial charge in [0.05, 0.1) is 7.11 Å². The molecule has 3 heterocycles. The van der Waals surface area contributed by atoms with Crippen molar-refractivity contribution in [3.05, 3.63) is 16.3 Å². The number of amides is 2. The van der Waals surface area contributed by atoms with Gasteiger partial charge in [0.1, 0.15) is 9.77 Å². The summed E-state index contributed by atoms with van der Waals surface area (Å²) in [5.74, 6) is -1.11. The van der Waals surface area contributed by atoms with Crippen molar-refractivity contribution < 1.29 is 32.3 Å². The lowest BCUT2D eigenvalue weighted by Crippen LogP contribution is -2.48. The predicted molar refractivity (Wildman–Crippen MR) is 85.6 cm³/mol. The van der Waals surface area contributed by atoms with E-state index >= 15 is 0 Å². The Balaban J connectivity index is 1.74. The lowest BCUT2D eigenvalue weighted by Gasteiger charge is -2.33. The highest BCUT2D eigenvalue weighted by Crippen LogP contribution is 2.29. The van der Waals surface area contributed by atoms with Gasteiger partial charge < -0.3 is 9.47 Å². The van der Waals surface area contributed by atoms with E-state index in [9.17, 15) is 22.8 Å². The van der Waals surface area contributed by atoms with E-state index in [1.54, 1.807) is 0 Å². The molecule has 2 amide bonds. The molecule has 1 aromatic heterocycles. The smallest absolute Gasteiger partial charge is 0.417 e. The van der Waals surface area contributed by atoms with E-state index in [4.69, 9.17) is 4.74 Å². The number of cyclic esters (lactones) is 1. The highest BCUT2D eigenvalue weighted by molar-refractivity contribution is 7.89. The molecule has 9 nitrogen and oxygen atoms in total. The SMILES string of the molecule is COC(=O)c1sccc1S(=O)(=O)N1CCC(N2C(=O)COC2=O)CC1. The summed E-state index contributed by atoms with van der Waals surface area (Å²) in [6, 6.07) is 0.996. The van der Waals surface area contributed by atoms with Gasteiger partial charge in [-0.1, -0.05) is 0 Å². The van der Waals surface area contributed by atoms with Crippen LogP contribution in [0.5, 0.6) is 0 Å². The van der Waals surface area contributed by atoms with Crippen molar-refractivity contribution in [3.8, 4) is 0 Å². The van der Waals surface area contributed by atoms with Crippen LogP contribution < -0.4 is 0 Å². The zero-order valence-corrected chi connectivity index (χ0v) is 15.0. The molecule has 2 fully saturated rings. The topological polar surface area (TPSA) is 110 Å². The van der Waals surface area contributed by atoms with E-state index in [-0.39, 0.29) is 35.5 Å². The summed E-state index contributed by atoms with van der Waals surface area (Å²) < 4.78 is 36.2. The number of rotatable bonds is 4. The van der Waals surface area contributed by atoms with E-state index in [0.717, 1.165) is 16.2 Å². The average Bonchev–Trinajstić information content (AvgIpc) is 3.22. The third-order valence-corrected chi connectivity index (χ3v) is 7.16. The first-order chi connectivity index (χ1) is 11.9. The van der Waals surface area contributed by atoms with Crippen LogP contribution in [-0.2, 0) is 24.3 Å². The molecule has 0 bridgehead atoms. The highest BCUT2D eigenvalue weighted by Gasteiger charge is 2.41. The van der Waals surface area contributed by atoms with Crippen molar-refractivity contribution >= 4 is 39.3 Å². The zero-order valence-electron chi connectivity index (χ0n) is 13.3. The van der Waals surface area contributed by atoms with Crippen molar-refractivity contribution in [1.29, 1.82) is 0 Å². The Morgan fingerprint density at radius 1 is 1.32 bits per heavy atom. The lowest BCUT2D eigenvalue weighted by atomic mass is 10.1. The number of esters is 1. The molecule has 0 aromatic carbocycles. The molecule has 0 unspecified atom stereocenters. The van der Waals surface area contributed by atoms with Gasteiger partial charge in [-0.05, 0) is 24.3 Å². The van der Waals surface area contributed by atoms with Gasteiger partial charge >= 0.3 is 12.1 Å². The second-order valence-electron chi connectivity index (χ2n) is 5.56. The molecule has 0 radical (unpaired) electrons. The molecule has 2 aliphatic rings. The Morgan fingerprint density at radius 3 is 2.56 bits per heavy atom. The number of hydrogen-bond acceptors (Lipinski definition) is 8. The molecule has 3 rings (SSSR count). The minimum atomic E-state index is -3.86. The van der Waals surface area contributed by atoms with Crippen molar-refractivity contribution in [2.45, 2.75) is 23.8 Å². The minimum Gasteiger partial charge on any atom is -0.465 e. The van der Waals surface area contributed by atoms with Gasteiger partial charge in [-0.25, -0.2) is 22.9 Å². The molecule has 0 aliphatic carbocycles. The standard InChI is InChI=1S/C14H16N2O7S2/c1-22-13(18)12-10(4-7-24-12)25(20,21)15-5-2-9(3-6-15)16-11(17)8-23-14(16)19/h4,7,9H,2-3,5-6,8H2,1H3. The highest BCUT2D eigenvalue weighted by atomic mass is 32.2. The number of methoxy groups -OCH3 is 1. The summed E-state index contributed by atoms with van der Waals surface area (Å²) in [7, 11) is -2.66. The van der Waals surface area contributed by atoms with Gasteiger partial charge in [0.15, 0.2) is 6.61 Å². The van der Waals surface area contributed by atoms with Crippen LogP contribution in [0.4, 0.5) is 4.79 Å². The summed E-state index contributed by atoms with van der Waals surface area (Å²) in [5, 5.41) is 1.52. The Morgan fingerprint density at radius 2 is 2.00 bits per heavy atom. The maximum Gasteiger partial charge on any atom is 0.417 e. The number of hydrogen-bond donors (Lipinski definition) is 0. The van der Waals surface area contributed by atoms with Crippen molar-refractivity contribution in [1.82, 2.24) is 9.21 Å². The molecule has 2 aliphatic heterocycles. The molecule has 136 valence electrons. The first-order valence-corrected chi connectivity index (χ1v) is 9.83. The Labute approximate surface area is 148 Å². The van der Waals surface area contributed by atoms with E-state index in [2.05, 4.69) is 4.74 Å². The average molecular weight is 388 g/mol. The molecule has 25 heavy (non-hydrogen) atoms. The van der Waals surface area contributed by atoms with E-state index in [1.165, 1.54) is 22.9 Å². The number of imide groups is 1. The first kappa shape index (κ1) is 17.8. The number of sulfonamides is 1. The number of ether oxygens (including phenoxy) is 2. The quantitative estimate of drug-likeness (QED) is 0.697. The Kier molecular flexibility index (Phi) is 4.80. The fourth-order valence-electron chi connectivity index (χ4n) is 2.94. The maximum atomic E-state index is 12.8. The van der Waals surface area contributed by atoms with Gasteiger partial charge in [-0.3, -0.25) is 4.79 Å². The molecule has 1 aromatic rings. The predicted octanol–water partition coefficient (Wildman–Crippen LogP) is 0.667. The van der Waals surface area contributed by atoms with Crippen LogP contribution in [0.1, 0.15) is 22.5 Å². The van der Waals surface area contributed by atoms with Gasteiger partial charge in [0, 0.05) is 19.1 Å². The van der Waals surface area contributed by atoms with E-state index < -0.39 is 28.0 Å². The van der Waals surface area contributed by atoms with Gasteiger partial charge in [-0.2, -0.15) is 4.31 Å². The molecule has 0 saturated carbocycles.